The van der Waals surface area contributed by atoms with Gasteiger partial charge < -0.3 is 9.80 Å². The van der Waals surface area contributed by atoms with E-state index in [1.807, 2.05) is 22.7 Å². The van der Waals surface area contributed by atoms with E-state index in [-0.39, 0.29) is 27.2 Å². The summed E-state index contributed by atoms with van der Waals surface area (Å²) in [4.78, 5) is 6.71. The van der Waals surface area contributed by atoms with Crippen LogP contribution >= 0.6 is 22.7 Å². The van der Waals surface area contributed by atoms with Crippen molar-refractivity contribution in [1.82, 2.24) is 0 Å². The highest BCUT2D eigenvalue weighted by molar-refractivity contribution is 7.26. The predicted molar refractivity (Wildman–Crippen MR) is 257 cm³/mol. The van der Waals surface area contributed by atoms with Gasteiger partial charge in [-0.2, -0.15) is 0 Å². The third-order valence-electron chi connectivity index (χ3n) is 14.9. The largest absolute Gasteiger partial charge is 0.334 e. The van der Waals surface area contributed by atoms with Crippen LogP contribution < -0.4 is 9.80 Å². The summed E-state index contributed by atoms with van der Waals surface area (Å²) in [6.45, 7) is 31.2. The molecule has 2 nitrogen and oxygen atoms in total. The van der Waals surface area contributed by atoms with Gasteiger partial charge in [-0.05, 0) is 133 Å². The molecule has 0 spiro atoms. The maximum Gasteiger partial charge on any atom is 0.0644 e. The first-order valence-corrected chi connectivity index (χ1v) is 23.3. The highest BCUT2D eigenvalue weighted by Gasteiger charge is 2.58. The van der Waals surface area contributed by atoms with Crippen LogP contribution in [0.5, 0.6) is 0 Å². The average molecular weight is 803 g/mol. The van der Waals surface area contributed by atoms with E-state index in [0.29, 0.717) is 0 Å². The Hall–Kier alpha value is -4.12. The Kier molecular flexibility index (Phi) is 9.12. The molecule has 2 aromatic heterocycles. The van der Waals surface area contributed by atoms with Crippen molar-refractivity contribution >= 4 is 77.4 Å². The summed E-state index contributed by atoms with van der Waals surface area (Å²) in [5.74, 6) is 0. The second-order valence-corrected chi connectivity index (χ2v) is 22.8. The standard InChI is InChI=1S/C54H62N2S2/c1-34-28-38(31-39(29-34)56-45-23-22-37(50(4,5)6)30-44(45)53(11)24-15-16-25-54(53,56)12)55(46-20-17-19-41-40-18-13-14-21-48(40)58-49(41)46)47-33-57-36(3)42(47)32-43-35(2)51(7,8)26-27-52(43,9)10/h13-14,17-23,28-33H,2,15-16,24-27H2,1,3-12H3/b43-32+. The van der Waals surface area contributed by atoms with Crippen LogP contribution in [-0.4, -0.2) is 5.54 Å². The third-order valence-corrected chi connectivity index (χ3v) is 17.1. The molecule has 4 heteroatoms. The molecule has 0 amide bonds. The summed E-state index contributed by atoms with van der Waals surface area (Å²) in [6, 6.07) is 30.7. The van der Waals surface area contributed by atoms with Gasteiger partial charge in [0.2, 0.25) is 0 Å². The molecule has 0 radical (unpaired) electrons. The van der Waals surface area contributed by atoms with Crippen LogP contribution in [0.2, 0.25) is 0 Å². The first-order chi connectivity index (χ1) is 27.3. The van der Waals surface area contributed by atoms with Gasteiger partial charge in [0.05, 0.1) is 21.6 Å². The normalized spacial score (nSPS) is 23.5. The summed E-state index contributed by atoms with van der Waals surface area (Å²) in [6.07, 6.45) is 9.76. The number of hydrogen-bond donors (Lipinski definition) is 0. The van der Waals surface area contributed by atoms with Crippen molar-refractivity contribution in [1.29, 1.82) is 0 Å². The zero-order valence-corrected chi connectivity index (χ0v) is 38.5. The molecule has 2 unspecified atom stereocenters. The number of anilines is 5. The molecule has 2 atom stereocenters. The summed E-state index contributed by atoms with van der Waals surface area (Å²) in [5, 5.41) is 5.06. The lowest BCUT2D eigenvalue weighted by atomic mass is 9.61. The van der Waals surface area contributed by atoms with E-state index in [1.165, 1.54) is 113 Å². The highest BCUT2D eigenvalue weighted by Crippen LogP contribution is 2.62. The molecule has 3 heterocycles. The lowest BCUT2D eigenvalue weighted by Crippen LogP contribution is -2.54. The van der Waals surface area contributed by atoms with Gasteiger partial charge >= 0.3 is 0 Å². The number of aryl methyl sites for hydroxylation is 2. The van der Waals surface area contributed by atoms with E-state index in [2.05, 4.69) is 176 Å². The van der Waals surface area contributed by atoms with Crippen molar-refractivity contribution in [3.63, 3.8) is 0 Å². The quantitative estimate of drug-likeness (QED) is 0.171. The van der Waals surface area contributed by atoms with Crippen LogP contribution in [0.15, 0.2) is 102 Å². The smallest absolute Gasteiger partial charge is 0.0644 e. The van der Waals surface area contributed by atoms with Gasteiger partial charge in [0.1, 0.15) is 0 Å². The molecule has 6 aromatic rings. The Labute approximate surface area is 356 Å². The summed E-state index contributed by atoms with van der Waals surface area (Å²) in [7, 11) is 0. The van der Waals surface area contributed by atoms with Gasteiger partial charge in [-0.25, -0.2) is 0 Å². The van der Waals surface area contributed by atoms with Gasteiger partial charge in [0, 0.05) is 53.8 Å². The molecule has 300 valence electrons. The molecule has 9 rings (SSSR count). The SMILES string of the molecule is C=C1/C(=C\c2c(N(c3cc(C)cc(N4c5ccc(C(C)(C)C)cc5C5(C)CCCCC45C)c3)c3cccc4c3sc3ccccc34)csc2C)C(C)(C)CCC1(C)C. The molecular formula is C54H62N2S2. The number of rotatable bonds is 5. The minimum atomic E-state index is -0.0419. The van der Waals surface area contributed by atoms with Gasteiger partial charge in [-0.1, -0.05) is 117 Å². The Morgan fingerprint density at radius 1 is 0.759 bits per heavy atom. The molecule has 2 fully saturated rings. The molecule has 0 saturated heterocycles. The van der Waals surface area contributed by atoms with Crippen LogP contribution in [0.4, 0.5) is 28.4 Å². The maximum absolute atomic E-state index is 4.78. The maximum atomic E-state index is 4.78. The molecule has 0 N–H and O–H groups in total. The fraction of sp³-hybridized carbons (Fsp3) is 0.407. The topological polar surface area (TPSA) is 6.48 Å². The Morgan fingerprint density at radius 2 is 1.48 bits per heavy atom. The number of thiophene rings is 2. The fourth-order valence-corrected chi connectivity index (χ4v) is 12.9. The number of nitrogens with zero attached hydrogens (tertiary/aromatic N) is 2. The molecule has 2 saturated carbocycles. The predicted octanol–water partition coefficient (Wildman–Crippen LogP) is 17.0. The molecule has 2 aliphatic carbocycles. The molecule has 4 aromatic carbocycles. The van der Waals surface area contributed by atoms with E-state index in [0.717, 1.165) is 12.8 Å². The van der Waals surface area contributed by atoms with E-state index in [9.17, 15) is 0 Å². The monoisotopic (exact) mass is 802 g/mol. The van der Waals surface area contributed by atoms with Crippen LogP contribution in [0.25, 0.3) is 26.2 Å². The van der Waals surface area contributed by atoms with Crippen LogP contribution in [0.1, 0.15) is 128 Å². The van der Waals surface area contributed by atoms with E-state index >= 15 is 0 Å². The van der Waals surface area contributed by atoms with E-state index in [1.54, 1.807) is 0 Å². The number of hydrogen-bond acceptors (Lipinski definition) is 4. The lowest BCUT2D eigenvalue weighted by molar-refractivity contribution is 0.195. The number of benzene rings is 4. The van der Waals surface area contributed by atoms with Crippen LogP contribution in [0, 0.1) is 24.7 Å². The second-order valence-electron chi connectivity index (χ2n) is 20.6. The van der Waals surface area contributed by atoms with E-state index < -0.39 is 0 Å². The third kappa shape index (κ3) is 5.98. The fourth-order valence-electron chi connectivity index (χ4n) is 10.8. The van der Waals surface area contributed by atoms with Crippen molar-refractivity contribution < 1.29 is 0 Å². The van der Waals surface area contributed by atoms with Gasteiger partial charge in [-0.15, -0.1) is 22.7 Å². The van der Waals surface area contributed by atoms with Gasteiger partial charge in [0.25, 0.3) is 0 Å². The van der Waals surface area contributed by atoms with Gasteiger partial charge in [0.15, 0.2) is 0 Å². The summed E-state index contributed by atoms with van der Waals surface area (Å²) in [5.41, 5.74) is 14.8. The molecular weight excluding hydrogens is 741 g/mol. The molecule has 0 bridgehead atoms. The average Bonchev–Trinajstić information content (AvgIpc) is 3.79. The lowest BCUT2D eigenvalue weighted by Gasteiger charge is -2.50. The van der Waals surface area contributed by atoms with Crippen molar-refractivity contribution in [2.75, 3.05) is 9.80 Å². The highest BCUT2D eigenvalue weighted by atomic mass is 32.1. The van der Waals surface area contributed by atoms with Crippen molar-refractivity contribution in [3.8, 4) is 0 Å². The van der Waals surface area contributed by atoms with Crippen molar-refractivity contribution in [3.05, 3.63) is 129 Å². The second kappa shape index (κ2) is 13.4. The first kappa shape index (κ1) is 39.3. The van der Waals surface area contributed by atoms with Crippen molar-refractivity contribution in [2.45, 2.75) is 131 Å². The van der Waals surface area contributed by atoms with Crippen molar-refractivity contribution in [2.24, 2.45) is 10.8 Å². The van der Waals surface area contributed by atoms with Gasteiger partial charge in [-0.3, -0.25) is 0 Å². The Balaban J connectivity index is 1.30. The minimum Gasteiger partial charge on any atom is -0.334 e. The summed E-state index contributed by atoms with van der Waals surface area (Å²) >= 11 is 3.78. The van der Waals surface area contributed by atoms with Crippen LogP contribution in [0.3, 0.4) is 0 Å². The first-order valence-electron chi connectivity index (χ1n) is 21.6. The Morgan fingerprint density at radius 3 is 2.26 bits per heavy atom. The zero-order valence-electron chi connectivity index (χ0n) is 36.8. The number of allylic oxidation sites excluding steroid dienone is 2. The van der Waals surface area contributed by atoms with E-state index in [4.69, 9.17) is 6.58 Å². The number of fused-ring (bicyclic) bond motifs is 6. The minimum absolute atomic E-state index is 0.0419. The zero-order chi connectivity index (χ0) is 41.2. The van der Waals surface area contributed by atoms with Crippen LogP contribution in [-0.2, 0) is 10.8 Å². The summed E-state index contributed by atoms with van der Waals surface area (Å²) < 4.78 is 2.65. The molecule has 1 aliphatic heterocycles. The Bertz CT molecular complexity index is 2660. The molecule has 58 heavy (non-hydrogen) atoms. The molecule has 3 aliphatic rings.